The van der Waals surface area contributed by atoms with Gasteiger partial charge in [-0.25, -0.2) is 4.79 Å². The van der Waals surface area contributed by atoms with Crippen LogP contribution in [0.1, 0.15) is 33.6 Å². The van der Waals surface area contributed by atoms with Gasteiger partial charge in [0.2, 0.25) is 6.10 Å². The number of rotatable bonds is 3. The normalized spacial score (nSPS) is 41.7. The molecule has 3 unspecified atom stereocenters. The van der Waals surface area contributed by atoms with E-state index in [2.05, 4.69) is 13.8 Å². The van der Waals surface area contributed by atoms with Crippen molar-refractivity contribution in [3.8, 4) is 0 Å². The molecule has 0 aromatic carbocycles. The Morgan fingerprint density at radius 3 is 2.50 bits per heavy atom. The van der Waals surface area contributed by atoms with Gasteiger partial charge in [0, 0.05) is 6.42 Å². The zero-order chi connectivity index (χ0) is 11.9. The van der Waals surface area contributed by atoms with E-state index in [4.69, 9.17) is 9.47 Å². The van der Waals surface area contributed by atoms with Crippen molar-refractivity contribution in [2.24, 2.45) is 17.3 Å². The fourth-order valence-corrected chi connectivity index (χ4v) is 2.85. The molecule has 0 bridgehead atoms. The first-order valence-electron chi connectivity index (χ1n) is 5.91. The molecule has 2 fully saturated rings. The van der Waals surface area contributed by atoms with Crippen LogP contribution < -0.4 is 0 Å². The Balaban J connectivity index is 2.01. The highest BCUT2D eigenvalue weighted by atomic mass is 16.6. The summed E-state index contributed by atoms with van der Waals surface area (Å²) in [5.74, 6) is 0.0734. The first-order valence-corrected chi connectivity index (χ1v) is 5.91. The van der Waals surface area contributed by atoms with E-state index in [0.29, 0.717) is 24.9 Å². The van der Waals surface area contributed by atoms with E-state index in [-0.39, 0.29) is 11.4 Å². The zero-order valence-electron chi connectivity index (χ0n) is 9.99. The van der Waals surface area contributed by atoms with Gasteiger partial charge in [-0.1, -0.05) is 20.8 Å². The molecular weight excluding hydrogens is 208 g/mol. The maximum Gasteiger partial charge on any atom is 0.347 e. The molecule has 0 N–H and O–H groups in total. The smallest absolute Gasteiger partial charge is 0.347 e. The van der Waals surface area contributed by atoms with Gasteiger partial charge in [0.1, 0.15) is 0 Å². The second kappa shape index (κ2) is 3.75. The molecule has 1 aliphatic heterocycles. The Kier molecular flexibility index (Phi) is 2.68. The Bertz CT molecular complexity index is 315. The van der Waals surface area contributed by atoms with Crippen molar-refractivity contribution in [2.75, 3.05) is 6.61 Å². The molecule has 0 aromatic heterocycles. The van der Waals surface area contributed by atoms with Crippen molar-refractivity contribution < 1.29 is 19.1 Å². The predicted octanol–water partition coefficient (Wildman–Crippen LogP) is 1.53. The minimum Gasteiger partial charge on any atom is -0.463 e. The molecule has 0 spiro atoms. The van der Waals surface area contributed by atoms with E-state index in [9.17, 15) is 9.59 Å². The maximum atomic E-state index is 12.1. The first-order chi connectivity index (χ1) is 7.54. The summed E-state index contributed by atoms with van der Waals surface area (Å²) in [6, 6.07) is 0. The van der Waals surface area contributed by atoms with Gasteiger partial charge in [-0.05, 0) is 18.3 Å². The van der Waals surface area contributed by atoms with Crippen LogP contribution in [0, 0.1) is 17.3 Å². The molecule has 4 heteroatoms. The van der Waals surface area contributed by atoms with Crippen LogP contribution in [0.5, 0.6) is 0 Å². The van der Waals surface area contributed by atoms with Gasteiger partial charge in [0.15, 0.2) is 0 Å². The molecule has 1 saturated carbocycles. The molecule has 3 atom stereocenters. The monoisotopic (exact) mass is 226 g/mol. The number of ether oxygens (including phenoxy) is 2. The quantitative estimate of drug-likeness (QED) is 0.685. The molecule has 0 amide bonds. The molecule has 4 nitrogen and oxygen atoms in total. The maximum absolute atomic E-state index is 12.1. The summed E-state index contributed by atoms with van der Waals surface area (Å²) in [6.45, 7) is 6.47. The third-order valence-corrected chi connectivity index (χ3v) is 4.37. The molecule has 0 radical (unpaired) electrons. The Hall–Kier alpha value is -1.06. The molecule has 1 heterocycles. The third-order valence-electron chi connectivity index (χ3n) is 4.37. The van der Waals surface area contributed by atoms with Gasteiger partial charge in [-0.2, -0.15) is 0 Å². The lowest BCUT2D eigenvalue weighted by molar-refractivity contribution is -0.165. The molecule has 16 heavy (non-hydrogen) atoms. The van der Waals surface area contributed by atoms with Crippen LogP contribution in [0.3, 0.4) is 0 Å². The number of cyclic esters (lactones) is 1. The second-order valence-corrected chi connectivity index (χ2v) is 4.82. The lowest BCUT2D eigenvalue weighted by atomic mass is 9.99. The number of carbonyl (C=O) groups excluding carboxylic acids is 2. The van der Waals surface area contributed by atoms with E-state index < -0.39 is 12.1 Å². The van der Waals surface area contributed by atoms with Crippen LogP contribution in [0.4, 0.5) is 0 Å². The first kappa shape index (κ1) is 11.4. The Labute approximate surface area is 95.3 Å². The van der Waals surface area contributed by atoms with Crippen LogP contribution in [0.25, 0.3) is 0 Å². The summed E-state index contributed by atoms with van der Waals surface area (Å²) in [5, 5.41) is 0. The molecule has 2 rings (SSSR count). The molecule has 90 valence electrons. The van der Waals surface area contributed by atoms with Crippen molar-refractivity contribution in [2.45, 2.75) is 39.7 Å². The molecule has 1 aliphatic carbocycles. The van der Waals surface area contributed by atoms with Crippen molar-refractivity contribution >= 4 is 11.9 Å². The van der Waals surface area contributed by atoms with Gasteiger partial charge >= 0.3 is 11.9 Å². The number of esters is 2. The highest BCUT2D eigenvalue weighted by molar-refractivity contribution is 5.85. The fourth-order valence-electron chi connectivity index (χ4n) is 2.85. The largest absolute Gasteiger partial charge is 0.463 e. The van der Waals surface area contributed by atoms with Crippen LogP contribution >= 0.6 is 0 Å². The number of carbonyl (C=O) groups is 2. The fraction of sp³-hybridized carbons (Fsp3) is 0.833. The van der Waals surface area contributed by atoms with Crippen molar-refractivity contribution in [3.63, 3.8) is 0 Å². The van der Waals surface area contributed by atoms with Crippen molar-refractivity contribution in [1.29, 1.82) is 0 Å². The standard InChI is InChI=1S/C12H18O4/c1-4-12(7(2)8(12)3)11(14)16-9-5-6-15-10(9)13/h7-9H,4-6H2,1-3H3. The highest BCUT2D eigenvalue weighted by Gasteiger charge is 2.64. The van der Waals surface area contributed by atoms with Crippen LogP contribution in [0.2, 0.25) is 0 Å². The lowest BCUT2D eigenvalue weighted by Crippen LogP contribution is -2.29. The van der Waals surface area contributed by atoms with E-state index in [1.165, 1.54) is 0 Å². The Morgan fingerprint density at radius 1 is 1.50 bits per heavy atom. The van der Waals surface area contributed by atoms with Crippen molar-refractivity contribution in [3.05, 3.63) is 0 Å². The number of hydrogen-bond donors (Lipinski definition) is 0. The summed E-state index contributed by atoms with van der Waals surface area (Å²) < 4.78 is 10.0. The van der Waals surface area contributed by atoms with Gasteiger partial charge in [0.25, 0.3) is 0 Å². The summed E-state index contributed by atoms with van der Waals surface area (Å²) in [4.78, 5) is 23.3. The molecule has 1 saturated heterocycles. The lowest BCUT2D eigenvalue weighted by Gasteiger charge is -2.16. The van der Waals surface area contributed by atoms with Gasteiger partial charge < -0.3 is 9.47 Å². The van der Waals surface area contributed by atoms with E-state index in [1.807, 2.05) is 6.92 Å². The van der Waals surface area contributed by atoms with E-state index in [0.717, 1.165) is 6.42 Å². The van der Waals surface area contributed by atoms with Crippen molar-refractivity contribution in [1.82, 2.24) is 0 Å². The minimum absolute atomic E-state index is 0.223. The van der Waals surface area contributed by atoms with Gasteiger partial charge in [-0.3, -0.25) is 4.79 Å². The summed E-state index contributed by atoms with van der Waals surface area (Å²) >= 11 is 0. The average Bonchev–Trinajstić information content (AvgIpc) is 2.58. The van der Waals surface area contributed by atoms with E-state index >= 15 is 0 Å². The van der Waals surface area contributed by atoms with Gasteiger partial charge in [0.05, 0.1) is 12.0 Å². The average molecular weight is 226 g/mol. The van der Waals surface area contributed by atoms with E-state index in [1.54, 1.807) is 0 Å². The summed E-state index contributed by atoms with van der Waals surface area (Å²) in [7, 11) is 0. The summed E-state index contributed by atoms with van der Waals surface area (Å²) in [5.41, 5.74) is -0.358. The molecular formula is C12H18O4. The minimum atomic E-state index is -0.670. The SMILES string of the molecule is CCC1(C(=O)OC2CCOC2=O)C(C)C1C. The molecule has 2 aliphatic rings. The summed E-state index contributed by atoms with van der Waals surface area (Å²) in [6.07, 6.45) is 0.596. The van der Waals surface area contributed by atoms with Crippen LogP contribution in [-0.2, 0) is 19.1 Å². The zero-order valence-corrected chi connectivity index (χ0v) is 9.99. The number of hydrogen-bond acceptors (Lipinski definition) is 4. The highest BCUT2D eigenvalue weighted by Crippen LogP contribution is 2.61. The van der Waals surface area contributed by atoms with Crippen LogP contribution in [-0.4, -0.2) is 24.6 Å². The molecule has 0 aromatic rings. The Morgan fingerprint density at radius 2 is 2.12 bits per heavy atom. The second-order valence-electron chi connectivity index (χ2n) is 4.82. The van der Waals surface area contributed by atoms with Crippen LogP contribution in [0.15, 0.2) is 0 Å². The van der Waals surface area contributed by atoms with Gasteiger partial charge in [-0.15, -0.1) is 0 Å². The predicted molar refractivity (Wildman–Crippen MR) is 56.5 cm³/mol. The third kappa shape index (κ3) is 1.43. The topological polar surface area (TPSA) is 52.6 Å².